The average molecular weight is 300 g/mol. The third-order valence-electron chi connectivity index (χ3n) is 2.87. The minimum atomic E-state index is -1.10. The molecule has 0 fully saturated rings. The molecular weight excluding hydrogens is 284 g/mol. The average Bonchev–Trinajstić information content (AvgIpc) is 2.53. The molecule has 0 radical (unpaired) electrons. The largest absolute Gasteiger partial charge is 0.480 e. The molecule has 1 aromatic heterocycles. The maximum absolute atomic E-state index is 12.1. The Labute approximate surface area is 128 Å². The van der Waals surface area contributed by atoms with Crippen LogP contribution in [-0.4, -0.2) is 33.6 Å². The van der Waals surface area contributed by atoms with E-state index in [-0.39, 0.29) is 13.2 Å². The van der Waals surface area contributed by atoms with E-state index in [1.807, 2.05) is 30.3 Å². The van der Waals surface area contributed by atoms with Crippen LogP contribution in [-0.2, 0) is 22.7 Å². The van der Waals surface area contributed by atoms with Gasteiger partial charge in [0.2, 0.25) is 0 Å². The van der Waals surface area contributed by atoms with Crippen molar-refractivity contribution in [1.29, 1.82) is 0 Å². The van der Waals surface area contributed by atoms with E-state index in [2.05, 4.69) is 4.98 Å². The van der Waals surface area contributed by atoms with Gasteiger partial charge in [-0.1, -0.05) is 36.4 Å². The molecule has 6 nitrogen and oxygen atoms in total. The van der Waals surface area contributed by atoms with Crippen LogP contribution in [0.25, 0.3) is 0 Å². The number of hydrogen-bond donors (Lipinski definition) is 1. The maximum Gasteiger partial charge on any atom is 0.410 e. The number of aromatic nitrogens is 1. The Morgan fingerprint density at radius 2 is 1.82 bits per heavy atom. The van der Waals surface area contributed by atoms with Crippen LogP contribution in [0, 0.1) is 0 Å². The summed E-state index contributed by atoms with van der Waals surface area (Å²) in [7, 11) is 0. The number of pyridine rings is 1. The molecule has 2 rings (SSSR count). The first-order valence-corrected chi connectivity index (χ1v) is 6.72. The van der Waals surface area contributed by atoms with Crippen LogP contribution in [0.4, 0.5) is 4.79 Å². The SMILES string of the molecule is O=C(O)CN(Cc1ccccn1)C(=O)OCc1ccccc1. The van der Waals surface area contributed by atoms with E-state index < -0.39 is 18.6 Å². The molecule has 0 aliphatic heterocycles. The van der Waals surface area contributed by atoms with Gasteiger partial charge in [-0.05, 0) is 17.7 Å². The molecule has 0 bridgehead atoms. The van der Waals surface area contributed by atoms with Gasteiger partial charge in [-0.15, -0.1) is 0 Å². The highest BCUT2D eigenvalue weighted by Gasteiger charge is 2.19. The van der Waals surface area contributed by atoms with Crippen LogP contribution in [0.15, 0.2) is 54.7 Å². The van der Waals surface area contributed by atoms with Crippen molar-refractivity contribution in [3.05, 3.63) is 66.0 Å². The first-order valence-electron chi connectivity index (χ1n) is 6.72. The van der Waals surface area contributed by atoms with Gasteiger partial charge < -0.3 is 9.84 Å². The lowest BCUT2D eigenvalue weighted by Gasteiger charge is -2.19. The van der Waals surface area contributed by atoms with Gasteiger partial charge in [0, 0.05) is 6.20 Å². The molecule has 2 aromatic rings. The minimum Gasteiger partial charge on any atom is -0.480 e. The molecular formula is C16H16N2O4. The highest BCUT2D eigenvalue weighted by molar-refractivity contribution is 5.76. The molecule has 0 unspecified atom stereocenters. The summed E-state index contributed by atoms with van der Waals surface area (Å²) < 4.78 is 5.16. The third-order valence-corrected chi connectivity index (χ3v) is 2.87. The fourth-order valence-corrected chi connectivity index (χ4v) is 1.85. The number of carbonyl (C=O) groups excluding carboxylic acids is 1. The van der Waals surface area contributed by atoms with Crippen molar-refractivity contribution < 1.29 is 19.4 Å². The summed E-state index contributed by atoms with van der Waals surface area (Å²) in [4.78, 5) is 28.2. The number of hydrogen-bond acceptors (Lipinski definition) is 4. The summed E-state index contributed by atoms with van der Waals surface area (Å²) >= 11 is 0. The molecule has 0 aliphatic carbocycles. The van der Waals surface area contributed by atoms with Gasteiger partial charge in [0.15, 0.2) is 0 Å². The Morgan fingerprint density at radius 3 is 2.45 bits per heavy atom. The second kappa shape index (κ2) is 7.78. The topological polar surface area (TPSA) is 79.7 Å². The molecule has 1 heterocycles. The maximum atomic E-state index is 12.1. The summed E-state index contributed by atoms with van der Waals surface area (Å²) in [6.45, 7) is -0.261. The molecule has 22 heavy (non-hydrogen) atoms. The lowest BCUT2D eigenvalue weighted by molar-refractivity contribution is -0.138. The molecule has 0 spiro atoms. The van der Waals surface area contributed by atoms with E-state index in [1.54, 1.807) is 24.4 Å². The highest BCUT2D eigenvalue weighted by atomic mass is 16.6. The van der Waals surface area contributed by atoms with E-state index >= 15 is 0 Å². The molecule has 114 valence electrons. The van der Waals surface area contributed by atoms with E-state index in [1.165, 1.54) is 0 Å². The van der Waals surface area contributed by atoms with Crippen molar-refractivity contribution in [3.63, 3.8) is 0 Å². The number of carboxylic acid groups (broad SMARTS) is 1. The van der Waals surface area contributed by atoms with E-state index in [9.17, 15) is 9.59 Å². The van der Waals surface area contributed by atoms with Crippen LogP contribution in [0.1, 0.15) is 11.3 Å². The normalized spacial score (nSPS) is 10.0. The van der Waals surface area contributed by atoms with Gasteiger partial charge in [0.25, 0.3) is 0 Å². The van der Waals surface area contributed by atoms with Crippen molar-refractivity contribution in [1.82, 2.24) is 9.88 Å². The van der Waals surface area contributed by atoms with Crippen molar-refractivity contribution >= 4 is 12.1 Å². The van der Waals surface area contributed by atoms with Crippen molar-refractivity contribution in [2.75, 3.05) is 6.54 Å². The zero-order valence-electron chi connectivity index (χ0n) is 11.9. The smallest absolute Gasteiger partial charge is 0.410 e. The Bertz CT molecular complexity index is 617. The van der Waals surface area contributed by atoms with Gasteiger partial charge in [-0.3, -0.25) is 14.7 Å². The molecule has 0 saturated heterocycles. The predicted octanol–water partition coefficient (Wildman–Crippen LogP) is 2.31. The standard InChI is InChI=1S/C16H16N2O4/c19-15(20)11-18(10-14-8-4-5-9-17-14)16(21)22-12-13-6-2-1-3-7-13/h1-9H,10-12H2,(H,19,20). The predicted molar refractivity (Wildman–Crippen MR) is 78.9 cm³/mol. The second-order valence-corrected chi connectivity index (χ2v) is 4.61. The first kappa shape index (κ1) is 15.5. The van der Waals surface area contributed by atoms with E-state index in [0.717, 1.165) is 10.5 Å². The van der Waals surface area contributed by atoms with Crippen molar-refractivity contribution in [3.8, 4) is 0 Å². The van der Waals surface area contributed by atoms with Crippen LogP contribution < -0.4 is 0 Å². The molecule has 0 saturated carbocycles. The number of aliphatic carboxylic acids is 1. The van der Waals surface area contributed by atoms with Gasteiger partial charge in [0.05, 0.1) is 12.2 Å². The molecule has 1 N–H and O–H groups in total. The number of nitrogens with zero attached hydrogens (tertiary/aromatic N) is 2. The zero-order chi connectivity index (χ0) is 15.8. The van der Waals surface area contributed by atoms with Gasteiger partial charge in [0.1, 0.15) is 13.2 Å². The monoisotopic (exact) mass is 300 g/mol. The van der Waals surface area contributed by atoms with Crippen LogP contribution in [0.3, 0.4) is 0 Å². The molecule has 1 aromatic carbocycles. The Balaban J connectivity index is 1.98. The number of rotatable bonds is 6. The summed E-state index contributed by atoms with van der Waals surface area (Å²) in [5, 5.41) is 8.93. The number of carboxylic acids is 1. The first-order chi connectivity index (χ1) is 10.6. The Hall–Kier alpha value is -2.89. The summed E-state index contributed by atoms with van der Waals surface area (Å²) in [5.41, 5.74) is 1.43. The van der Waals surface area contributed by atoms with Crippen molar-refractivity contribution in [2.45, 2.75) is 13.2 Å². The minimum absolute atomic E-state index is 0.0841. The quantitative estimate of drug-likeness (QED) is 0.885. The second-order valence-electron chi connectivity index (χ2n) is 4.61. The lowest BCUT2D eigenvalue weighted by atomic mass is 10.2. The Kier molecular flexibility index (Phi) is 5.48. The number of ether oxygens (including phenoxy) is 1. The summed E-state index contributed by atoms with van der Waals surface area (Å²) in [6.07, 6.45) is 0.903. The van der Waals surface area contributed by atoms with Crippen LogP contribution in [0.2, 0.25) is 0 Å². The van der Waals surface area contributed by atoms with Crippen molar-refractivity contribution in [2.24, 2.45) is 0 Å². The van der Waals surface area contributed by atoms with Gasteiger partial charge in [-0.25, -0.2) is 4.79 Å². The number of carbonyl (C=O) groups is 2. The summed E-state index contributed by atoms with van der Waals surface area (Å²) in [5.74, 6) is -1.10. The zero-order valence-corrected chi connectivity index (χ0v) is 11.9. The van der Waals surface area contributed by atoms with Gasteiger partial charge in [-0.2, -0.15) is 0 Å². The van der Waals surface area contributed by atoms with Gasteiger partial charge >= 0.3 is 12.1 Å². The number of amides is 1. The lowest BCUT2D eigenvalue weighted by Crippen LogP contribution is -2.35. The molecule has 0 aliphatic rings. The highest BCUT2D eigenvalue weighted by Crippen LogP contribution is 2.06. The van der Waals surface area contributed by atoms with E-state index in [0.29, 0.717) is 5.69 Å². The van der Waals surface area contributed by atoms with E-state index in [4.69, 9.17) is 9.84 Å². The van der Waals surface area contributed by atoms with Crippen LogP contribution in [0.5, 0.6) is 0 Å². The van der Waals surface area contributed by atoms with Crippen LogP contribution >= 0.6 is 0 Å². The fourth-order valence-electron chi connectivity index (χ4n) is 1.85. The third kappa shape index (κ3) is 4.90. The Morgan fingerprint density at radius 1 is 1.09 bits per heavy atom. The summed E-state index contributed by atoms with van der Waals surface area (Å²) in [6, 6.07) is 14.4. The molecule has 0 atom stereocenters. The fraction of sp³-hybridized carbons (Fsp3) is 0.188. The molecule has 1 amide bonds. The molecule has 6 heteroatoms. The number of benzene rings is 1.